The van der Waals surface area contributed by atoms with Gasteiger partial charge >= 0.3 is 0 Å². The maximum Gasteiger partial charge on any atom is 0.262 e. The number of aliphatic imine (C=N–C) groups is 1. The van der Waals surface area contributed by atoms with E-state index < -0.39 is 11.9 Å². The smallest absolute Gasteiger partial charge is 0.262 e. The number of phenolic OH excluding ortho intramolecular Hbond substituents is 2. The molecule has 0 spiro atoms. The molecule has 1 aromatic heterocycles. The SMILES string of the molecule is CCNC(=O)CC1N=C(c2ccc(Cl)cc2)c2cc(OCC(=O)Nc3ccc(O)c(O)c3)ccc2-n2c(C)nnc21. The second-order valence-electron chi connectivity index (χ2n) is 9.32. The molecular weight excluding hydrogens is 548 g/mol. The number of fused-ring (bicyclic) bond motifs is 3. The Morgan fingerprint density at radius 2 is 1.78 bits per heavy atom. The van der Waals surface area contributed by atoms with E-state index in [-0.39, 0.29) is 30.4 Å². The summed E-state index contributed by atoms with van der Waals surface area (Å²) in [5.41, 5.74) is 3.12. The predicted octanol–water partition coefficient (Wildman–Crippen LogP) is 4.08. The highest BCUT2D eigenvalue weighted by molar-refractivity contribution is 6.30. The van der Waals surface area contributed by atoms with E-state index in [1.807, 2.05) is 36.6 Å². The molecule has 210 valence electrons. The molecule has 4 aromatic rings. The number of anilines is 1. The molecule has 0 radical (unpaired) electrons. The highest BCUT2D eigenvalue weighted by atomic mass is 35.5. The van der Waals surface area contributed by atoms with Gasteiger partial charge in [0, 0.05) is 34.4 Å². The van der Waals surface area contributed by atoms with E-state index in [2.05, 4.69) is 20.8 Å². The molecule has 0 aliphatic carbocycles. The number of aromatic nitrogens is 3. The molecule has 12 heteroatoms. The van der Waals surface area contributed by atoms with Crippen molar-refractivity contribution in [3.8, 4) is 22.9 Å². The lowest BCUT2D eigenvalue weighted by atomic mass is 10.00. The van der Waals surface area contributed by atoms with Crippen molar-refractivity contribution >= 4 is 34.8 Å². The van der Waals surface area contributed by atoms with Crippen LogP contribution >= 0.6 is 11.6 Å². The number of hydrogen-bond donors (Lipinski definition) is 4. The quantitative estimate of drug-likeness (QED) is 0.183. The van der Waals surface area contributed by atoms with Gasteiger partial charge in [-0.1, -0.05) is 23.7 Å². The van der Waals surface area contributed by atoms with Gasteiger partial charge in [0.25, 0.3) is 5.91 Å². The number of amides is 2. The molecule has 1 unspecified atom stereocenters. The van der Waals surface area contributed by atoms with Crippen LogP contribution in [0.25, 0.3) is 5.69 Å². The van der Waals surface area contributed by atoms with Crippen molar-refractivity contribution in [1.82, 2.24) is 20.1 Å². The molecule has 1 atom stereocenters. The lowest BCUT2D eigenvalue weighted by Crippen LogP contribution is -2.25. The Bertz CT molecular complexity index is 1650. The topological polar surface area (TPSA) is 151 Å². The third-order valence-corrected chi connectivity index (χ3v) is 6.65. The van der Waals surface area contributed by atoms with Crippen molar-refractivity contribution in [2.75, 3.05) is 18.5 Å². The Morgan fingerprint density at radius 1 is 1.00 bits per heavy atom. The fourth-order valence-electron chi connectivity index (χ4n) is 4.53. The zero-order chi connectivity index (χ0) is 29.1. The van der Waals surface area contributed by atoms with Gasteiger partial charge in [-0.2, -0.15) is 0 Å². The first-order chi connectivity index (χ1) is 19.7. The van der Waals surface area contributed by atoms with Gasteiger partial charge in [0.15, 0.2) is 23.9 Å². The van der Waals surface area contributed by atoms with E-state index in [1.165, 1.54) is 18.2 Å². The van der Waals surface area contributed by atoms with Crippen molar-refractivity contribution < 1.29 is 24.5 Å². The van der Waals surface area contributed by atoms with Gasteiger partial charge < -0.3 is 25.6 Å². The van der Waals surface area contributed by atoms with E-state index in [1.54, 1.807) is 24.3 Å². The summed E-state index contributed by atoms with van der Waals surface area (Å²) in [5.74, 6) is 0.301. The predicted molar refractivity (Wildman–Crippen MR) is 153 cm³/mol. The van der Waals surface area contributed by atoms with Gasteiger partial charge in [0.05, 0.1) is 17.8 Å². The van der Waals surface area contributed by atoms with Crippen LogP contribution in [0.4, 0.5) is 5.69 Å². The van der Waals surface area contributed by atoms with Crippen LogP contribution in [0.3, 0.4) is 0 Å². The van der Waals surface area contributed by atoms with E-state index >= 15 is 0 Å². The van der Waals surface area contributed by atoms with Crippen molar-refractivity contribution in [3.63, 3.8) is 0 Å². The minimum absolute atomic E-state index is 0.0768. The minimum atomic E-state index is -0.613. The number of carbonyl (C=O) groups is 2. The zero-order valence-corrected chi connectivity index (χ0v) is 23.0. The number of nitrogens with zero attached hydrogens (tertiary/aromatic N) is 4. The molecule has 0 saturated carbocycles. The molecule has 0 bridgehead atoms. The summed E-state index contributed by atoms with van der Waals surface area (Å²) in [7, 11) is 0. The monoisotopic (exact) mass is 574 g/mol. The van der Waals surface area contributed by atoms with Gasteiger partial charge in [-0.15, -0.1) is 10.2 Å². The molecule has 0 fully saturated rings. The lowest BCUT2D eigenvalue weighted by molar-refractivity contribution is -0.121. The summed E-state index contributed by atoms with van der Waals surface area (Å²) in [5, 5.41) is 33.8. The molecule has 11 nitrogen and oxygen atoms in total. The van der Waals surface area contributed by atoms with Crippen LogP contribution < -0.4 is 15.4 Å². The molecule has 2 heterocycles. The van der Waals surface area contributed by atoms with Crippen LogP contribution in [0.2, 0.25) is 5.02 Å². The van der Waals surface area contributed by atoms with Gasteiger partial charge in [0.2, 0.25) is 5.91 Å². The summed E-state index contributed by atoms with van der Waals surface area (Å²) < 4.78 is 7.70. The largest absolute Gasteiger partial charge is 0.504 e. The minimum Gasteiger partial charge on any atom is -0.504 e. The third kappa shape index (κ3) is 5.99. The van der Waals surface area contributed by atoms with Gasteiger partial charge in [-0.3, -0.25) is 19.1 Å². The standard InChI is InChI=1S/C29H27ClN6O5/c1-3-31-26(39)14-22-29-35-34-16(2)36(29)23-10-9-20(13-21(23)28(33-22)17-4-6-18(30)7-5-17)41-15-27(40)32-19-8-11-24(37)25(38)12-19/h4-13,22,37-38H,3,14-15H2,1-2H3,(H,31,39)(H,32,40). The maximum atomic E-state index is 12.6. The van der Waals surface area contributed by atoms with Crippen LogP contribution in [0.1, 0.15) is 42.2 Å². The first kappa shape index (κ1) is 27.7. The second kappa shape index (κ2) is 11.7. The Labute approximate surface area is 240 Å². The number of aromatic hydroxyl groups is 2. The number of carbonyl (C=O) groups excluding carboxylic acids is 2. The molecule has 5 rings (SSSR count). The number of benzene rings is 3. The summed E-state index contributed by atoms with van der Waals surface area (Å²) in [4.78, 5) is 30.2. The van der Waals surface area contributed by atoms with E-state index in [9.17, 15) is 19.8 Å². The Balaban J connectivity index is 1.50. The van der Waals surface area contributed by atoms with E-state index in [0.717, 1.165) is 11.3 Å². The zero-order valence-electron chi connectivity index (χ0n) is 22.3. The number of phenols is 2. The first-order valence-electron chi connectivity index (χ1n) is 12.8. The molecule has 4 N–H and O–H groups in total. The van der Waals surface area contributed by atoms with Crippen LogP contribution in [0.5, 0.6) is 17.2 Å². The number of nitrogens with one attached hydrogen (secondary N) is 2. The fraction of sp³-hybridized carbons (Fsp3) is 0.207. The number of aryl methyl sites for hydroxylation is 1. The Morgan fingerprint density at radius 3 is 2.51 bits per heavy atom. The number of rotatable bonds is 8. The summed E-state index contributed by atoms with van der Waals surface area (Å²) in [6.45, 7) is 3.86. The van der Waals surface area contributed by atoms with Gasteiger partial charge in [-0.25, -0.2) is 0 Å². The normalized spacial score (nSPS) is 13.8. The van der Waals surface area contributed by atoms with Crippen LogP contribution in [0, 0.1) is 6.92 Å². The van der Waals surface area contributed by atoms with Gasteiger partial charge in [-0.05, 0) is 56.3 Å². The van der Waals surface area contributed by atoms with Crippen LogP contribution in [0.15, 0.2) is 65.7 Å². The Kier molecular flexibility index (Phi) is 7.88. The third-order valence-electron chi connectivity index (χ3n) is 6.40. The summed E-state index contributed by atoms with van der Waals surface area (Å²) in [6, 6.07) is 15.9. The number of ether oxygens (including phenoxy) is 1. The average Bonchev–Trinajstić information content (AvgIpc) is 3.27. The fourth-order valence-corrected chi connectivity index (χ4v) is 4.66. The average molecular weight is 575 g/mol. The molecule has 1 aliphatic heterocycles. The molecular formula is C29H27ClN6O5. The number of halogens is 1. The Hall–Kier alpha value is -4.90. The van der Waals surface area contributed by atoms with Gasteiger partial charge in [0.1, 0.15) is 17.6 Å². The van der Waals surface area contributed by atoms with E-state index in [0.29, 0.717) is 45.9 Å². The maximum absolute atomic E-state index is 12.6. The molecule has 3 aromatic carbocycles. The lowest BCUT2D eigenvalue weighted by Gasteiger charge is -2.15. The summed E-state index contributed by atoms with van der Waals surface area (Å²) >= 11 is 6.16. The van der Waals surface area contributed by atoms with Crippen molar-refractivity contribution in [2.24, 2.45) is 4.99 Å². The summed E-state index contributed by atoms with van der Waals surface area (Å²) in [6.07, 6.45) is 0.0768. The van der Waals surface area contributed by atoms with Crippen LogP contribution in [-0.2, 0) is 9.59 Å². The van der Waals surface area contributed by atoms with Crippen molar-refractivity contribution in [1.29, 1.82) is 0 Å². The van der Waals surface area contributed by atoms with Crippen LogP contribution in [-0.4, -0.2) is 55.7 Å². The van der Waals surface area contributed by atoms with Crippen molar-refractivity contribution in [2.45, 2.75) is 26.3 Å². The number of hydrogen-bond acceptors (Lipinski definition) is 8. The highest BCUT2D eigenvalue weighted by Crippen LogP contribution is 2.34. The van der Waals surface area contributed by atoms with E-state index in [4.69, 9.17) is 21.3 Å². The molecule has 1 aliphatic rings. The molecule has 0 saturated heterocycles. The first-order valence-corrected chi connectivity index (χ1v) is 13.2. The second-order valence-corrected chi connectivity index (χ2v) is 9.75. The molecule has 2 amide bonds. The van der Waals surface area contributed by atoms with Crippen molar-refractivity contribution in [3.05, 3.63) is 88.5 Å². The highest BCUT2D eigenvalue weighted by Gasteiger charge is 2.30. The molecule has 41 heavy (non-hydrogen) atoms.